The number of anilines is 1. The van der Waals surface area contributed by atoms with Crippen LogP contribution in [0.5, 0.6) is 0 Å². The van der Waals surface area contributed by atoms with E-state index in [1.54, 1.807) is 12.1 Å². The standard InChI is InChI=1S/C13H18N2O3/c1-9(13(17)18)12(16)14-11-6-4-10(5-7-11)8-15(2)3/h4-7,9H,8H2,1-3H3,(H,14,16)(H,17,18). The third-order valence-corrected chi connectivity index (χ3v) is 2.48. The molecular formula is C13H18N2O3. The highest BCUT2D eigenvalue weighted by Crippen LogP contribution is 2.12. The van der Waals surface area contributed by atoms with Gasteiger partial charge in [-0.15, -0.1) is 0 Å². The van der Waals surface area contributed by atoms with E-state index in [0.29, 0.717) is 5.69 Å². The number of hydrogen-bond donors (Lipinski definition) is 2. The Hall–Kier alpha value is -1.88. The molecule has 0 fully saturated rings. The van der Waals surface area contributed by atoms with Gasteiger partial charge in [-0.1, -0.05) is 12.1 Å². The maximum Gasteiger partial charge on any atom is 0.315 e. The van der Waals surface area contributed by atoms with Crippen LogP contribution in [0.15, 0.2) is 24.3 Å². The van der Waals surface area contributed by atoms with Gasteiger partial charge in [-0.05, 0) is 38.7 Å². The van der Waals surface area contributed by atoms with Crippen molar-refractivity contribution in [2.45, 2.75) is 13.5 Å². The van der Waals surface area contributed by atoms with Crippen LogP contribution in [0, 0.1) is 5.92 Å². The molecule has 0 aliphatic rings. The van der Waals surface area contributed by atoms with Crippen LogP contribution in [-0.2, 0) is 16.1 Å². The number of carboxylic acid groups (broad SMARTS) is 1. The first-order chi connectivity index (χ1) is 8.40. The van der Waals surface area contributed by atoms with Gasteiger partial charge in [0.1, 0.15) is 5.92 Å². The van der Waals surface area contributed by atoms with Crippen LogP contribution in [0.2, 0.25) is 0 Å². The summed E-state index contributed by atoms with van der Waals surface area (Å²) < 4.78 is 0. The SMILES string of the molecule is CC(C(=O)O)C(=O)Nc1ccc(CN(C)C)cc1. The van der Waals surface area contributed by atoms with Crippen LogP contribution >= 0.6 is 0 Å². The van der Waals surface area contributed by atoms with Crippen LogP contribution in [0.3, 0.4) is 0 Å². The quantitative estimate of drug-likeness (QED) is 0.775. The lowest BCUT2D eigenvalue weighted by atomic mass is 10.1. The van der Waals surface area contributed by atoms with Gasteiger partial charge in [0.05, 0.1) is 0 Å². The summed E-state index contributed by atoms with van der Waals surface area (Å²) in [6, 6.07) is 7.35. The molecule has 0 aliphatic heterocycles. The number of carbonyl (C=O) groups is 2. The number of nitrogens with zero attached hydrogens (tertiary/aromatic N) is 1. The molecule has 0 heterocycles. The Morgan fingerprint density at radius 2 is 1.83 bits per heavy atom. The van der Waals surface area contributed by atoms with Crippen molar-refractivity contribution in [1.82, 2.24) is 4.90 Å². The maximum absolute atomic E-state index is 11.5. The molecule has 0 aromatic heterocycles. The van der Waals surface area contributed by atoms with Crippen molar-refractivity contribution in [3.05, 3.63) is 29.8 Å². The Labute approximate surface area is 106 Å². The second kappa shape index (κ2) is 6.16. The Bertz CT molecular complexity index is 426. The largest absolute Gasteiger partial charge is 0.481 e. The van der Waals surface area contributed by atoms with E-state index in [9.17, 15) is 9.59 Å². The average Bonchev–Trinajstić information content (AvgIpc) is 2.29. The molecule has 0 spiro atoms. The number of rotatable bonds is 5. The van der Waals surface area contributed by atoms with Crippen LogP contribution in [-0.4, -0.2) is 36.0 Å². The number of aliphatic carboxylic acids is 1. The Morgan fingerprint density at radius 3 is 2.28 bits per heavy atom. The summed E-state index contributed by atoms with van der Waals surface area (Å²) in [5.41, 5.74) is 1.74. The minimum absolute atomic E-state index is 0.511. The molecule has 0 radical (unpaired) electrons. The number of amides is 1. The summed E-state index contributed by atoms with van der Waals surface area (Å²) in [6.45, 7) is 2.18. The van der Waals surface area contributed by atoms with E-state index in [0.717, 1.165) is 12.1 Å². The highest BCUT2D eigenvalue weighted by molar-refractivity contribution is 6.03. The summed E-state index contributed by atoms with van der Waals surface area (Å²) in [6.07, 6.45) is 0. The summed E-state index contributed by atoms with van der Waals surface area (Å²) in [5, 5.41) is 11.3. The summed E-state index contributed by atoms with van der Waals surface area (Å²) >= 11 is 0. The molecule has 1 rings (SSSR count). The summed E-state index contributed by atoms with van der Waals surface area (Å²) in [7, 11) is 3.95. The second-order valence-electron chi connectivity index (χ2n) is 4.48. The summed E-state index contributed by atoms with van der Waals surface area (Å²) in [4.78, 5) is 24.2. The van der Waals surface area contributed by atoms with Crippen molar-refractivity contribution in [1.29, 1.82) is 0 Å². The van der Waals surface area contributed by atoms with Crippen molar-refractivity contribution in [3.8, 4) is 0 Å². The van der Waals surface area contributed by atoms with Crippen molar-refractivity contribution >= 4 is 17.6 Å². The van der Waals surface area contributed by atoms with Gasteiger partial charge in [0.2, 0.25) is 5.91 Å². The monoisotopic (exact) mass is 250 g/mol. The first-order valence-electron chi connectivity index (χ1n) is 5.67. The van der Waals surface area contributed by atoms with E-state index >= 15 is 0 Å². The first-order valence-corrected chi connectivity index (χ1v) is 5.67. The van der Waals surface area contributed by atoms with Gasteiger partial charge in [0.15, 0.2) is 0 Å². The molecule has 1 unspecified atom stereocenters. The van der Waals surface area contributed by atoms with Crippen molar-refractivity contribution in [2.75, 3.05) is 19.4 Å². The first kappa shape index (κ1) is 14.2. The molecule has 0 bridgehead atoms. The predicted molar refractivity (Wildman–Crippen MR) is 69.3 cm³/mol. The molecule has 98 valence electrons. The zero-order valence-electron chi connectivity index (χ0n) is 10.8. The van der Waals surface area contributed by atoms with Gasteiger partial charge < -0.3 is 15.3 Å². The number of nitrogens with one attached hydrogen (secondary N) is 1. The number of carboxylic acids is 1. The highest BCUT2D eigenvalue weighted by Gasteiger charge is 2.20. The lowest BCUT2D eigenvalue weighted by Crippen LogP contribution is -2.26. The third kappa shape index (κ3) is 4.18. The molecule has 0 saturated heterocycles. The van der Waals surface area contributed by atoms with Gasteiger partial charge in [0.25, 0.3) is 0 Å². The lowest BCUT2D eigenvalue weighted by Gasteiger charge is -2.11. The van der Waals surface area contributed by atoms with Gasteiger partial charge in [-0.2, -0.15) is 0 Å². The number of benzene rings is 1. The Balaban J connectivity index is 2.64. The number of carbonyl (C=O) groups excluding carboxylic acids is 1. The zero-order valence-corrected chi connectivity index (χ0v) is 10.8. The topological polar surface area (TPSA) is 69.6 Å². The van der Waals surface area contributed by atoms with E-state index in [1.165, 1.54) is 6.92 Å². The molecule has 0 saturated carbocycles. The van der Waals surface area contributed by atoms with E-state index in [-0.39, 0.29) is 0 Å². The minimum atomic E-state index is -1.13. The molecule has 2 N–H and O–H groups in total. The molecule has 1 aromatic carbocycles. The van der Waals surface area contributed by atoms with E-state index in [4.69, 9.17) is 5.11 Å². The zero-order chi connectivity index (χ0) is 13.7. The van der Waals surface area contributed by atoms with Crippen LogP contribution in [0.4, 0.5) is 5.69 Å². The smallest absolute Gasteiger partial charge is 0.315 e. The van der Waals surface area contributed by atoms with Crippen molar-refractivity contribution in [3.63, 3.8) is 0 Å². The molecule has 5 nitrogen and oxygen atoms in total. The van der Waals surface area contributed by atoms with E-state index in [2.05, 4.69) is 5.32 Å². The van der Waals surface area contributed by atoms with Gasteiger partial charge in [-0.25, -0.2) is 0 Å². The van der Waals surface area contributed by atoms with E-state index in [1.807, 2.05) is 31.1 Å². The molecule has 1 amide bonds. The normalized spacial score (nSPS) is 12.2. The fraction of sp³-hybridized carbons (Fsp3) is 0.385. The van der Waals surface area contributed by atoms with Gasteiger partial charge in [0, 0.05) is 12.2 Å². The lowest BCUT2D eigenvalue weighted by molar-refractivity contribution is -0.144. The Kier molecular flexibility index (Phi) is 4.85. The molecule has 1 atom stereocenters. The van der Waals surface area contributed by atoms with Crippen molar-refractivity contribution in [2.24, 2.45) is 5.92 Å². The van der Waals surface area contributed by atoms with Crippen LogP contribution in [0.25, 0.3) is 0 Å². The van der Waals surface area contributed by atoms with E-state index < -0.39 is 17.8 Å². The number of hydrogen-bond acceptors (Lipinski definition) is 3. The molecule has 5 heteroatoms. The molecule has 18 heavy (non-hydrogen) atoms. The fourth-order valence-corrected chi connectivity index (χ4v) is 1.42. The third-order valence-electron chi connectivity index (χ3n) is 2.48. The predicted octanol–water partition coefficient (Wildman–Crippen LogP) is 1.41. The average molecular weight is 250 g/mol. The Morgan fingerprint density at radius 1 is 1.28 bits per heavy atom. The molecule has 0 aliphatic carbocycles. The van der Waals surface area contributed by atoms with Crippen molar-refractivity contribution < 1.29 is 14.7 Å². The van der Waals surface area contributed by atoms with Gasteiger partial charge >= 0.3 is 5.97 Å². The fourth-order valence-electron chi connectivity index (χ4n) is 1.42. The minimum Gasteiger partial charge on any atom is -0.481 e. The molecule has 1 aromatic rings. The van der Waals surface area contributed by atoms with Crippen LogP contribution in [0.1, 0.15) is 12.5 Å². The van der Waals surface area contributed by atoms with Gasteiger partial charge in [-0.3, -0.25) is 9.59 Å². The highest BCUT2D eigenvalue weighted by atomic mass is 16.4. The molecular weight excluding hydrogens is 232 g/mol. The second-order valence-corrected chi connectivity index (χ2v) is 4.48. The summed E-state index contributed by atoms with van der Waals surface area (Å²) in [5.74, 6) is -2.69. The van der Waals surface area contributed by atoms with Crippen LogP contribution < -0.4 is 5.32 Å². The maximum atomic E-state index is 11.5.